The van der Waals surface area contributed by atoms with Crippen LogP contribution in [-0.4, -0.2) is 0 Å². The highest BCUT2D eigenvalue weighted by Crippen LogP contribution is 2.37. The summed E-state index contributed by atoms with van der Waals surface area (Å²) in [5.74, 6) is 3.10. The van der Waals surface area contributed by atoms with Crippen molar-refractivity contribution in [2.45, 2.75) is 40.0 Å². The Balaban J connectivity index is 0.000000771. The van der Waals surface area contributed by atoms with Crippen molar-refractivity contribution < 1.29 is 0 Å². The zero-order chi connectivity index (χ0) is 13.5. The number of benzene rings is 1. The predicted molar refractivity (Wildman–Crippen MR) is 80.6 cm³/mol. The molecule has 0 aromatic heterocycles. The highest BCUT2D eigenvalue weighted by Gasteiger charge is 2.22. The van der Waals surface area contributed by atoms with Crippen LogP contribution >= 0.6 is 0 Å². The van der Waals surface area contributed by atoms with Crippen LogP contribution in [-0.2, 0) is 6.42 Å². The predicted octanol–water partition coefficient (Wildman–Crippen LogP) is 4.88. The van der Waals surface area contributed by atoms with Gasteiger partial charge in [-0.05, 0) is 36.1 Å². The lowest BCUT2D eigenvalue weighted by Gasteiger charge is -2.06. The number of rotatable bonds is 1. The van der Waals surface area contributed by atoms with E-state index in [9.17, 15) is 0 Å². The van der Waals surface area contributed by atoms with Gasteiger partial charge in [-0.2, -0.15) is 0 Å². The van der Waals surface area contributed by atoms with E-state index in [4.69, 9.17) is 6.42 Å². The van der Waals surface area contributed by atoms with Gasteiger partial charge >= 0.3 is 0 Å². The summed E-state index contributed by atoms with van der Waals surface area (Å²) in [6, 6.07) is 8.66. The van der Waals surface area contributed by atoms with Crippen molar-refractivity contribution in [2.75, 3.05) is 0 Å². The number of hydrogen-bond donors (Lipinski definition) is 0. The first-order valence-electron chi connectivity index (χ1n) is 6.63. The van der Waals surface area contributed by atoms with Gasteiger partial charge in [-0.3, -0.25) is 0 Å². The van der Waals surface area contributed by atoms with Crippen LogP contribution in [0, 0.1) is 12.3 Å². The van der Waals surface area contributed by atoms with Crippen LogP contribution in [0.15, 0.2) is 47.6 Å². The molecule has 0 nitrogen and oxygen atoms in total. The summed E-state index contributed by atoms with van der Waals surface area (Å²) in [5, 5.41) is 0. The fraction of sp³-hybridized carbons (Fsp3) is 0.333. The minimum atomic E-state index is 0.525. The summed E-state index contributed by atoms with van der Waals surface area (Å²) >= 11 is 0. The number of fused-ring (bicyclic) bond motifs is 1. The minimum Gasteiger partial charge on any atom is -0.115 e. The maximum Gasteiger partial charge on any atom is 0.00292 e. The van der Waals surface area contributed by atoms with Crippen LogP contribution in [0.5, 0.6) is 0 Å². The van der Waals surface area contributed by atoms with E-state index < -0.39 is 0 Å². The molecular weight excluding hydrogens is 216 g/mol. The van der Waals surface area contributed by atoms with Gasteiger partial charge in [-0.25, -0.2) is 0 Å². The smallest absolute Gasteiger partial charge is 0.00292 e. The van der Waals surface area contributed by atoms with E-state index in [0.29, 0.717) is 5.92 Å². The molecule has 0 aliphatic heterocycles. The zero-order valence-electron chi connectivity index (χ0n) is 11.8. The SMILES string of the molecule is C#C/C=C(C)\C=C1/Cc2ccccc2C1C.CC. The van der Waals surface area contributed by atoms with Crippen molar-refractivity contribution in [2.24, 2.45) is 0 Å². The Kier molecular flexibility index (Phi) is 5.46. The van der Waals surface area contributed by atoms with Gasteiger partial charge in [0.1, 0.15) is 0 Å². The quantitative estimate of drug-likeness (QED) is 0.612. The standard InChI is InChI=1S/C16H16.C2H6/c1-4-7-12(2)10-15-11-14-8-5-6-9-16(14)13(15)3;1-2/h1,5-10,13H,11H2,2-3H3;1-2H3/b12-7-,15-10+;. The van der Waals surface area contributed by atoms with E-state index in [1.165, 1.54) is 16.7 Å². The number of hydrogen-bond acceptors (Lipinski definition) is 0. The van der Waals surface area contributed by atoms with Crippen LogP contribution in [0.1, 0.15) is 44.7 Å². The zero-order valence-corrected chi connectivity index (χ0v) is 11.8. The molecule has 1 aliphatic carbocycles. The van der Waals surface area contributed by atoms with E-state index in [0.717, 1.165) is 12.0 Å². The molecule has 1 unspecified atom stereocenters. The molecule has 0 radical (unpaired) electrons. The Morgan fingerprint density at radius 1 is 1.33 bits per heavy atom. The minimum absolute atomic E-state index is 0.525. The van der Waals surface area contributed by atoms with E-state index >= 15 is 0 Å². The van der Waals surface area contributed by atoms with Gasteiger partial charge in [-0.1, -0.05) is 62.6 Å². The molecule has 0 heteroatoms. The second-order valence-corrected chi connectivity index (χ2v) is 4.37. The van der Waals surface area contributed by atoms with Crippen molar-refractivity contribution in [1.29, 1.82) is 0 Å². The van der Waals surface area contributed by atoms with Crippen molar-refractivity contribution in [3.8, 4) is 12.3 Å². The Labute approximate surface area is 111 Å². The van der Waals surface area contributed by atoms with Crippen molar-refractivity contribution in [3.63, 3.8) is 0 Å². The van der Waals surface area contributed by atoms with Gasteiger partial charge in [0.25, 0.3) is 0 Å². The monoisotopic (exact) mass is 238 g/mol. The molecule has 0 fully saturated rings. The Bertz CT molecular complexity index is 495. The summed E-state index contributed by atoms with van der Waals surface area (Å²) in [7, 11) is 0. The number of allylic oxidation sites excluding steroid dienone is 4. The first-order chi connectivity index (χ1) is 8.72. The largest absolute Gasteiger partial charge is 0.115 e. The molecule has 0 heterocycles. The third kappa shape index (κ3) is 3.14. The summed E-state index contributed by atoms with van der Waals surface area (Å²) in [6.45, 7) is 8.32. The summed E-state index contributed by atoms with van der Waals surface area (Å²) in [6.07, 6.45) is 10.4. The average molecular weight is 238 g/mol. The maximum atomic E-state index is 5.27. The lowest BCUT2D eigenvalue weighted by molar-refractivity contribution is 0.923. The van der Waals surface area contributed by atoms with Gasteiger partial charge in [0.2, 0.25) is 0 Å². The summed E-state index contributed by atoms with van der Waals surface area (Å²) < 4.78 is 0. The molecule has 0 saturated carbocycles. The molecule has 18 heavy (non-hydrogen) atoms. The third-order valence-corrected chi connectivity index (χ3v) is 3.20. The maximum absolute atomic E-state index is 5.27. The average Bonchev–Trinajstić information content (AvgIpc) is 2.70. The van der Waals surface area contributed by atoms with Crippen molar-refractivity contribution in [1.82, 2.24) is 0 Å². The second-order valence-electron chi connectivity index (χ2n) is 4.37. The molecule has 94 valence electrons. The van der Waals surface area contributed by atoms with Crippen LogP contribution in [0.4, 0.5) is 0 Å². The normalized spacial score (nSPS) is 19.8. The molecule has 1 aromatic rings. The molecule has 0 saturated heterocycles. The highest BCUT2D eigenvalue weighted by molar-refractivity contribution is 5.47. The summed E-state index contributed by atoms with van der Waals surface area (Å²) in [4.78, 5) is 0. The topological polar surface area (TPSA) is 0 Å². The van der Waals surface area contributed by atoms with Gasteiger partial charge in [0.15, 0.2) is 0 Å². The van der Waals surface area contributed by atoms with Gasteiger partial charge in [0, 0.05) is 5.92 Å². The molecular formula is C18H22. The molecule has 0 spiro atoms. The molecule has 1 aliphatic rings. The Morgan fingerprint density at radius 2 is 2.00 bits per heavy atom. The molecule has 2 rings (SSSR count). The van der Waals surface area contributed by atoms with Gasteiger partial charge in [-0.15, -0.1) is 6.42 Å². The second kappa shape index (κ2) is 6.87. The van der Waals surface area contributed by atoms with Gasteiger partial charge in [0.05, 0.1) is 0 Å². The Hall–Kier alpha value is -1.74. The first kappa shape index (κ1) is 14.3. The van der Waals surface area contributed by atoms with E-state index in [1.54, 1.807) is 0 Å². The van der Waals surface area contributed by atoms with E-state index in [-0.39, 0.29) is 0 Å². The van der Waals surface area contributed by atoms with Crippen LogP contribution in [0.2, 0.25) is 0 Å². The van der Waals surface area contributed by atoms with E-state index in [1.807, 2.05) is 19.9 Å². The lowest BCUT2D eigenvalue weighted by Crippen LogP contribution is -1.89. The Morgan fingerprint density at radius 3 is 2.61 bits per heavy atom. The summed E-state index contributed by atoms with van der Waals surface area (Å²) in [5.41, 5.74) is 5.54. The molecule has 1 atom stereocenters. The molecule has 0 bridgehead atoms. The molecule has 0 N–H and O–H groups in total. The van der Waals surface area contributed by atoms with Crippen LogP contribution in [0.3, 0.4) is 0 Å². The van der Waals surface area contributed by atoms with E-state index in [2.05, 4.69) is 50.1 Å². The third-order valence-electron chi connectivity index (χ3n) is 3.20. The highest BCUT2D eigenvalue weighted by atomic mass is 14.3. The number of terminal acetylenes is 1. The van der Waals surface area contributed by atoms with Gasteiger partial charge < -0.3 is 0 Å². The lowest BCUT2D eigenvalue weighted by atomic mass is 9.99. The van der Waals surface area contributed by atoms with Crippen LogP contribution in [0.25, 0.3) is 0 Å². The fourth-order valence-corrected chi connectivity index (χ4v) is 2.33. The molecule has 1 aromatic carbocycles. The van der Waals surface area contributed by atoms with Crippen LogP contribution < -0.4 is 0 Å². The fourth-order valence-electron chi connectivity index (χ4n) is 2.33. The first-order valence-corrected chi connectivity index (χ1v) is 6.63. The van der Waals surface area contributed by atoms with Crippen molar-refractivity contribution >= 4 is 0 Å². The van der Waals surface area contributed by atoms with Crippen molar-refractivity contribution in [3.05, 3.63) is 58.7 Å². The molecule has 0 amide bonds.